The van der Waals surface area contributed by atoms with E-state index in [1.165, 1.54) is 5.57 Å². The molecule has 0 amide bonds. The molecule has 0 radical (unpaired) electrons. The Morgan fingerprint density at radius 1 is 1.14 bits per heavy atom. The van der Waals surface area contributed by atoms with E-state index < -0.39 is 5.97 Å². The molecule has 2 aromatic rings. The molecule has 1 heterocycles. The normalized spacial score (nSPS) is 14.2. The molecular weight excluding hydrogens is 376 g/mol. The van der Waals surface area contributed by atoms with Gasteiger partial charge < -0.3 is 14.6 Å². The predicted octanol–water partition coefficient (Wildman–Crippen LogP) is 5.23. The second-order valence-corrected chi connectivity index (χ2v) is 7.48. The molecule has 148 valence electrons. The highest BCUT2D eigenvalue weighted by Gasteiger charge is 2.16. The lowest BCUT2D eigenvalue weighted by Crippen LogP contribution is -2.15. The van der Waals surface area contributed by atoms with Crippen LogP contribution >= 0.6 is 11.6 Å². The van der Waals surface area contributed by atoms with E-state index in [0.29, 0.717) is 31.3 Å². The van der Waals surface area contributed by atoms with Crippen LogP contribution in [0.25, 0.3) is 5.57 Å². The van der Waals surface area contributed by atoms with Crippen LogP contribution < -0.4 is 4.74 Å². The van der Waals surface area contributed by atoms with Gasteiger partial charge >= 0.3 is 5.97 Å². The quantitative estimate of drug-likeness (QED) is 0.691. The Morgan fingerprint density at radius 2 is 1.89 bits per heavy atom. The molecule has 0 bridgehead atoms. The summed E-state index contributed by atoms with van der Waals surface area (Å²) in [5, 5.41) is 9.62. The van der Waals surface area contributed by atoms with E-state index in [2.05, 4.69) is 0 Å². The lowest BCUT2D eigenvalue weighted by molar-refractivity contribution is -0.136. The molecule has 1 N–H and O–H groups in total. The van der Waals surface area contributed by atoms with E-state index in [-0.39, 0.29) is 6.42 Å². The molecule has 0 aliphatic carbocycles. The van der Waals surface area contributed by atoms with Gasteiger partial charge in [-0.25, -0.2) is 0 Å². The molecule has 2 aromatic carbocycles. The van der Waals surface area contributed by atoms with Crippen molar-refractivity contribution in [1.29, 1.82) is 0 Å². The minimum Gasteiger partial charge on any atom is -0.489 e. The van der Waals surface area contributed by atoms with Gasteiger partial charge in [0.05, 0.1) is 13.2 Å². The number of hydrogen-bond acceptors (Lipinski definition) is 3. The number of carboxylic acids is 1. The number of aliphatic carboxylic acids is 1. The molecule has 5 heteroatoms. The van der Waals surface area contributed by atoms with Crippen molar-refractivity contribution in [2.75, 3.05) is 19.8 Å². The van der Waals surface area contributed by atoms with Gasteiger partial charge in [0, 0.05) is 11.4 Å². The third-order valence-corrected chi connectivity index (χ3v) is 5.53. The largest absolute Gasteiger partial charge is 0.489 e. The Hall–Kier alpha value is -2.30. The van der Waals surface area contributed by atoms with Crippen LogP contribution in [0, 0.1) is 13.8 Å². The first-order chi connectivity index (χ1) is 13.5. The highest BCUT2D eigenvalue weighted by molar-refractivity contribution is 6.30. The third-order valence-electron chi connectivity index (χ3n) is 5.27. The molecule has 0 atom stereocenters. The smallest absolute Gasteiger partial charge is 0.303 e. The molecule has 0 saturated carbocycles. The molecule has 0 spiro atoms. The maximum absolute atomic E-state index is 10.8. The fraction of sp³-hybridized carbons (Fsp3) is 0.348. The van der Waals surface area contributed by atoms with Crippen molar-refractivity contribution in [2.24, 2.45) is 0 Å². The van der Waals surface area contributed by atoms with E-state index in [1.807, 2.05) is 50.2 Å². The van der Waals surface area contributed by atoms with Crippen molar-refractivity contribution in [2.45, 2.75) is 33.1 Å². The summed E-state index contributed by atoms with van der Waals surface area (Å²) in [4.78, 5) is 10.8. The zero-order valence-electron chi connectivity index (χ0n) is 16.3. The maximum atomic E-state index is 10.8. The average molecular weight is 401 g/mol. The van der Waals surface area contributed by atoms with Crippen LogP contribution in [-0.2, 0) is 16.0 Å². The molecule has 0 unspecified atom stereocenters. The summed E-state index contributed by atoms with van der Waals surface area (Å²) in [5.74, 6) is 0.0598. The lowest BCUT2D eigenvalue weighted by Gasteiger charge is -2.22. The minimum absolute atomic E-state index is 0.137. The molecule has 0 saturated heterocycles. The summed E-state index contributed by atoms with van der Waals surface area (Å²) < 4.78 is 11.8. The van der Waals surface area contributed by atoms with Crippen LogP contribution in [0.3, 0.4) is 0 Å². The zero-order valence-corrected chi connectivity index (χ0v) is 17.0. The van der Waals surface area contributed by atoms with E-state index >= 15 is 0 Å². The summed E-state index contributed by atoms with van der Waals surface area (Å²) >= 11 is 6.01. The highest BCUT2D eigenvalue weighted by Crippen LogP contribution is 2.29. The molecule has 3 rings (SSSR count). The van der Waals surface area contributed by atoms with Crippen LogP contribution in [0.15, 0.2) is 42.0 Å². The third kappa shape index (κ3) is 4.94. The van der Waals surface area contributed by atoms with E-state index in [4.69, 9.17) is 26.2 Å². The summed E-state index contributed by atoms with van der Waals surface area (Å²) in [6, 6.07) is 11.7. The van der Waals surface area contributed by atoms with Gasteiger partial charge in [-0.05, 0) is 78.3 Å². The molecule has 0 fully saturated rings. The summed E-state index contributed by atoms with van der Waals surface area (Å²) in [5.41, 5.74) is 6.72. The van der Waals surface area contributed by atoms with Gasteiger partial charge in [-0.3, -0.25) is 4.79 Å². The topological polar surface area (TPSA) is 55.8 Å². The van der Waals surface area contributed by atoms with Crippen molar-refractivity contribution in [3.05, 3.63) is 69.2 Å². The number of carbonyl (C=O) groups is 1. The zero-order chi connectivity index (χ0) is 20.1. The van der Waals surface area contributed by atoms with Gasteiger partial charge in [-0.1, -0.05) is 29.8 Å². The van der Waals surface area contributed by atoms with Gasteiger partial charge in [0.1, 0.15) is 12.4 Å². The van der Waals surface area contributed by atoms with Gasteiger partial charge in [0.2, 0.25) is 0 Å². The van der Waals surface area contributed by atoms with Gasteiger partial charge in [-0.15, -0.1) is 0 Å². The number of carboxylic acid groups (broad SMARTS) is 1. The SMILES string of the molecule is Cc1c(CCC(=O)O)ccc(OCC2=C(c3ccc(Cl)cc3)COCC2)c1C. The first-order valence-electron chi connectivity index (χ1n) is 9.44. The van der Waals surface area contributed by atoms with Crippen LogP contribution in [0.4, 0.5) is 0 Å². The minimum atomic E-state index is -0.779. The molecule has 0 aromatic heterocycles. The van der Waals surface area contributed by atoms with Gasteiger partial charge in [-0.2, -0.15) is 0 Å². The number of hydrogen-bond donors (Lipinski definition) is 1. The van der Waals surface area contributed by atoms with Crippen LogP contribution in [0.1, 0.15) is 35.1 Å². The first-order valence-corrected chi connectivity index (χ1v) is 9.81. The Labute approximate surface area is 170 Å². The number of rotatable bonds is 7. The second kappa shape index (κ2) is 9.26. The number of ether oxygens (including phenoxy) is 2. The summed E-state index contributed by atoms with van der Waals surface area (Å²) in [7, 11) is 0. The summed E-state index contributed by atoms with van der Waals surface area (Å²) in [6.45, 7) is 5.82. The summed E-state index contributed by atoms with van der Waals surface area (Å²) in [6.07, 6.45) is 1.51. The standard InChI is InChI=1S/C23H25ClO4/c1-15-16(2)22(9-5-17(15)6-10-23(25)26)28-13-19-11-12-27-14-21(19)18-3-7-20(24)8-4-18/h3-5,7-9H,6,10-14H2,1-2H3,(H,25,26). The number of halogens is 1. The van der Waals surface area contributed by atoms with E-state index in [0.717, 1.165) is 40.0 Å². The molecule has 4 nitrogen and oxygen atoms in total. The first kappa shape index (κ1) is 20.4. The van der Waals surface area contributed by atoms with Crippen LogP contribution in [-0.4, -0.2) is 30.9 Å². The van der Waals surface area contributed by atoms with Crippen molar-refractivity contribution in [1.82, 2.24) is 0 Å². The van der Waals surface area contributed by atoms with E-state index in [1.54, 1.807) is 0 Å². The second-order valence-electron chi connectivity index (χ2n) is 7.05. The highest BCUT2D eigenvalue weighted by atomic mass is 35.5. The van der Waals surface area contributed by atoms with Crippen molar-refractivity contribution < 1.29 is 19.4 Å². The Morgan fingerprint density at radius 3 is 2.61 bits per heavy atom. The van der Waals surface area contributed by atoms with E-state index in [9.17, 15) is 4.79 Å². The van der Waals surface area contributed by atoms with Gasteiger partial charge in [0.15, 0.2) is 0 Å². The Kier molecular flexibility index (Phi) is 6.76. The number of benzene rings is 2. The molecule has 28 heavy (non-hydrogen) atoms. The maximum Gasteiger partial charge on any atom is 0.303 e. The monoisotopic (exact) mass is 400 g/mol. The van der Waals surface area contributed by atoms with Crippen molar-refractivity contribution in [3.63, 3.8) is 0 Å². The van der Waals surface area contributed by atoms with Crippen LogP contribution in [0.2, 0.25) is 5.02 Å². The Balaban J connectivity index is 1.77. The van der Waals surface area contributed by atoms with Gasteiger partial charge in [0.25, 0.3) is 0 Å². The predicted molar refractivity (Wildman–Crippen MR) is 111 cm³/mol. The molecule has 1 aliphatic heterocycles. The molecule has 1 aliphatic rings. The van der Waals surface area contributed by atoms with Crippen LogP contribution in [0.5, 0.6) is 5.75 Å². The molecular formula is C23H25ClO4. The number of aryl methyl sites for hydroxylation is 1. The van der Waals surface area contributed by atoms with Crippen molar-refractivity contribution >= 4 is 23.1 Å². The Bertz CT molecular complexity index is 884. The van der Waals surface area contributed by atoms with Crippen molar-refractivity contribution in [3.8, 4) is 5.75 Å². The lowest BCUT2D eigenvalue weighted by atomic mass is 9.97. The fourth-order valence-corrected chi connectivity index (χ4v) is 3.53. The fourth-order valence-electron chi connectivity index (χ4n) is 3.41. The average Bonchev–Trinajstić information content (AvgIpc) is 2.69.